The number of amides is 1. The summed E-state index contributed by atoms with van der Waals surface area (Å²) >= 11 is 0. The molecule has 0 saturated carbocycles. The van der Waals surface area contributed by atoms with Gasteiger partial charge >= 0.3 is 5.69 Å². The lowest BCUT2D eigenvalue weighted by Gasteiger charge is -2.35. The molecule has 188 valence electrons. The van der Waals surface area contributed by atoms with Crippen molar-refractivity contribution in [3.05, 3.63) is 99.3 Å². The van der Waals surface area contributed by atoms with Crippen molar-refractivity contribution in [2.45, 2.75) is 0 Å². The number of carbonyl (C=O) groups is 1. The van der Waals surface area contributed by atoms with Gasteiger partial charge in [-0.1, -0.05) is 12.1 Å². The van der Waals surface area contributed by atoms with E-state index in [0.717, 1.165) is 16.3 Å². The minimum absolute atomic E-state index is 0.139. The van der Waals surface area contributed by atoms with E-state index in [9.17, 15) is 18.8 Å². The normalized spacial score (nSPS) is 13.5. The number of ether oxygens (including phenoxy) is 1. The first kappa shape index (κ1) is 23.9. The molecule has 0 atom stereocenters. The first-order valence-corrected chi connectivity index (χ1v) is 11.6. The van der Waals surface area contributed by atoms with E-state index in [1.165, 1.54) is 25.6 Å². The van der Waals surface area contributed by atoms with Crippen LogP contribution in [-0.4, -0.2) is 63.6 Å². The maximum absolute atomic E-state index is 13.3. The SMILES string of the molecule is COc1ccccc1-n1c(=O)[nH]cc(C(=O)N2CCN(c3cc(-c4ccc(F)cc4)ncn3)CC2)c1=O. The van der Waals surface area contributed by atoms with Crippen LogP contribution in [0.1, 0.15) is 10.4 Å². The quantitative estimate of drug-likeness (QED) is 0.445. The van der Waals surface area contributed by atoms with Crippen molar-refractivity contribution in [1.29, 1.82) is 0 Å². The molecule has 1 N–H and O–H groups in total. The molecule has 5 rings (SSSR count). The van der Waals surface area contributed by atoms with Gasteiger partial charge in [0.15, 0.2) is 0 Å². The van der Waals surface area contributed by atoms with E-state index in [1.54, 1.807) is 41.3 Å². The zero-order valence-corrected chi connectivity index (χ0v) is 19.9. The third-order valence-corrected chi connectivity index (χ3v) is 6.22. The van der Waals surface area contributed by atoms with Gasteiger partial charge in [0, 0.05) is 44.0 Å². The Morgan fingerprint density at radius 2 is 1.73 bits per heavy atom. The number of hydrogen-bond donors (Lipinski definition) is 1. The molecule has 10 nitrogen and oxygen atoms in total. The molecule has 4 aromatic rings. The van der Waals surface area contributed by atoms with Gasteiger partial charge in [-0.05, 0) is 36.4 Å². The van der Waals surface area contributed by atoms with Crippen molar-refractivity contribution in [1.82, 2.24) is 24.4 Å². The standard InChI is InChI=1S/C26H23FN6O4/c1-37-22-5-3-2-4-21(22)33-25(35)19(15-28-26(33)36)24(34)32-12-10-31(11-13-32)23-14-20(29-16-30-23)17-6-8-18(27)9-7-17/h2-9,14-16H,10-13H2,1H3,(H,28,36). The molecule has 0 radical (unpaired) electrons. The first-order valence-electron chi connectivity index (χ1n) is 11.6. The Bertz CT molecular complexity index is 1560. The number of rotatable bonds is 5. The van der Waals surface area contributed by atoms with Gasteiger partial charge in [0.05, 0.1) is 18.5 Å². The molecular weight excluding hydrogens is 479 g/mol. The lowest BCUT2D eigenvalue weighted by Crippen LogP contribution is -2.50. The van der Waals surface area contributed by atoms with Crippen molar-refractivity contribution in [2.24, 2.45) is 0 Å². The molecule has 0 unspecified atom stereocenters. The van der Waals surface area contributed by atoms with Gasteiger partial charge in [-0.2, -0.15) is 0 Å². The number of nitrogens with one attached hydrogen (secondary N) is 1. The van der Waals surface area contributed by atoms with Gasteiger partial charge < -0.3 is 19.5 Å². The second kappa shape index (κ2) is 10.1. The average Bonchev–Trinajstić information content (AvgIpc) is 2.94. The molecule has 3 heterocycles. The molecule has 0 aliphatic carbocycles. The molecule has 1 aliphatic rings. The summed E-state index contributed by atoms with van der Waals surface area (Å²) in [6.45, 7) is 1.66. The molecule has 37 heavy (non-hydrogen) atoms. The highest BCUT2D eigenvalue weighted by atomic mass is 19.1. The van der Waals surface area contributed by atoms with Gasteiger partial charge in [0.1, 0.15) is 29.3 Å². The number of methoxy groups -OCH3 is 1. The number of anilines is 1. The fraction of sp³-hybridized carbons (Fsp3) is 0.192. The molecule has 1 amide bonds. The summed E-state index contributed by atoms with van der Waals surface area (Å²) in [6, 6.07) is 14.5. The number of H-pyrrole nitrogens is 1. The highest BCUT2D eigenvalue weighted by Gasteiger charge is 2.26. The Balaban J connectivity index is 1.34. The van der Waals surface area contributed by atoms with Crippen LogP contribution in [0.2, 0.25) is 0 Å². The smallest absolute Gasteiger partial charge is 0.333 e. The molecule has 1 fully saturated rings. The van der Waals surface area contributed by atoms with Crippen molar-refractivity contribution in [3.63, 3.8) is 0 Å². The predicted octanol–water partition coefficient (Wildman–Crippen LogP) is 2.09. The third kappa shape index (κ3) is 4.70. The van der Waals surface area contributed by atoms with Crippen LogP contribution in [0, 0.1) is 5.82 Å². The summed E-state index contributed by atoms with van der Waals surface area (Å²) in [6.07, 6.45) is 2.61. The monoisotopic (exact) mass is 502 g/mol. The first-order chi connectivity index (χ1) is 18.0. The Hall–Kier alpha value is -4.80. The minimum Gasteiger partial charge on any atom is -0.495 e. The molecule has 0 spiro atoms. The molecule has 1 saturated heterocycles. The second-order valence-corrected chi connectivity index (χ2v) is 8.37. The van der Waals surface area contributed by atoms with Gasteiger partial charge in [0.2, 0.25) is 0 Å². The zero-order chi connectivity index (χ0) is 25.9. The average molecular weight is 503 g/mol. The van der Waals surface area contributed by atoms with Crippen LogP contribution in [-0.2, 0) is 0 Å². The number of halogens is 1. The van der Waals surface area contributed by atoms with Crippen LogP contribution in [0.4, 0.5) is 10.2 Å². The van der Waals surface area contributed by atoms with Gasteiger partial charge in [0.25, 0.3) is 11.5 Å². The fourth-order valence-corrected chi connectivity index (χ4v) is 4.27. The van der Waals surface area contributed by atoms with E-state index in [1.807, 2.05) is 11.0 Å². The Kier molecular flexibility index (Phi) is 6.50. The van der Waals surface area contributed by atoms with E-state index >= 15 is 0 Å². The van der Waals surface area contributed by atoms with Crippen LogP contribution >= 0.6 is 0 Å². The number of aromatic amines is 1. The largest absolute Gasteiger partial charge is 0.495 e. The lowest BCUT2D eigenvalue weighted by molar-refractivity contribution is 0.0743. The Labute approximate surface area is 210 Å². The number of piperazine rings is 1. The summed E-state index contributed by atoms with van der Waals surface area (Å²) in [5, 5.41) is 0. The Morgan fingerprint density at radius 1 is 1.00 bits per heavy atom. The minimum atomic E-state index is -0.722. The maximum Gasteiger partial charge on any atom is 0.333 e. The van der Waals surface area contributed by atoms with Crippen molar-refractivity contribution < 1.29 is 13.9 Å². The van der Waals surface area contributed by atoms with Crippen LogP contribution in [0.5, 0.6) is 5.75 Å². The molecule has 2 aromatic heterocycles. The number of hydrogen-bond acceptors (Lipinski definition) is 7. The van der Waals surface area contributed by atoms with E-state index in [2.05, 4.69) is 15.0 Å². The van der Waals surface area contributed by atoms with E-state index in [0.29, 0.717) is 43.4 Å². The van der Waals surface area contributed by atoms with Crippen LogP contribution in [0.3, 0.4) is 0 Å². The summed E-state index contributed by atoms with van der Waals surface area (Å²) in [5.74, 6) is 0.220. The summed E-state index contributed by atoms with van der Waals surface area (Å²) in [5.41, 5.74) is 0.143. The van der Waals surface area contributed by atoms with Crippen LogP contribution < -0.4 is 20.9 Å². The van der Waals surface area contributed by atoms with E-state index < -0.39 is 17.2 Å². The molecule has 2 aromatic carbocycles. The summed E-state index contributed by atoms with van der Waals surface area (Å²) < 4.78 is 19.5. The third-order valence-electron chi connectivity index (χ3n) is 6.22. The Morgan fingerprint density at radius 3 is 2.46 bits per heavy atom. The van der Waals surface area contributed by atoms with E-state index in [-0.39, 0.29) is 17.1 Å². The van der Waals surface area contributed by atoms with Gasteiger partial charge in [-0.3, -0.25) is 9.59 Å². The fourth-order valence-electron chi connectivity index (χ4n) is 4.27. The molecule has 1 aliphatic heterocycles. The molecular formula is C26H23FN6O4. The highest BCUT2D eigenvalue weighted by molar-refractivity contribution is 5.93. The second-order valence-electron chi connectivity index (χ2n) is 8.37. The number of nitrogens with zero attached hydrogens (tertiary/aromatic N) is 5. The highest BCUT2D eigenvalue weighted by Crippen LogP contribution is 2.22. The molecule has 0 bridgehead atoms. The number of benzene rings is 2. The van der Waals surface area contributed by atoms with Crippen LogP contribution in [0.25, 0.3) is 16.9 Å². The maximum atomic E-state index is 13.3. The summed E-state index contributed by atoms with van der Waals surface area (Å²) in [4.78, 5) is 53.7. The molecule has 11 heteroatoms. The van der Waals surface area contributed by atoms with Crippen LogP contribution in [0.15, 0.2) is 76.7 Å². The predicted molar refractivity (Wildman–Crippen MR) is 135 cm³/mol. The van der Waals surface area contributed by atoms with Gasteiger partial charge in [-0.25, -0.2) is 23.7 Å². The number of para-hydroxylation sites is 2. The lowest BCUT2D eigenvalue weighted by atomic mass is 10.1. The number of aromatic nitrogens is 4. The van der Waals surface area contributed by atoms with Gasteiger partial charge in [-0.15, -0.1) is 0 Å². The van der Waals surface area contributed by atoms with Crippen molar-refractivity contribution in [2.75, 3.05) is 38.2 Å². The van der Waals surface area contributed by atoms with Crippen molar-refractivity contribution >= 4 is 11.7 Å². The number of carbonyl (C=O) groups excluding carboxylic acids is 1. The van der Waals surface area contributed by atoms with E-state index in [4.69, 9.17) is 4.74 Å². The topological polar surface area (TPSA) is 113 Å². The summed E-state index contributed by atoms with van der Waals surface area (Å²) in [7, 11) is 1.44. The van der Waals surface area contributed by atoms with Crippen molar-refractivity contribution in [3.8, 4) is 22.7 Å². The zero-order valence-electron chi connectivity index (χ0n) is 19.9.